The van der Waals surface area contributed by atoms with E-state index >= 15 is 0 Å². The number of carbonyl (C=O) groups is 1. The second kappa shape index (κ2) is 8.82. The number of Topliss-reactive ketones (excluding diaryl/α,β-unsaturated/α-hetero) is 1. The Hall–Kier alpha value is -3.06. The number of hydrogen-bond acceptors (Lipinski definition) is 2. The molecule has 0 aliphatic heterocycles. The van der Waals surface area contributed by atoms with Gasteiger partial charge in [0.05, 0.1) is 21.2 Å². The number of rotatable bonds is 6. The molecular weight excluding hydrogens is 483 g/mol. The van der Waals surface area contributed by atoms with Gasteiger partial charge in [-0.3, -0.25) is 4.79 Å². The van der Waals surface area contributed by atoms with E-state index < -0.39 is 11.7 Å². The Labute approximate surface area is 191 Å². The van der Waals surface area contributed by atoms with Gasteiger partial charge in [-0.1, -0.05) is 42.5 Å². The highest BCUT2D eigenvalue weighted by Crippen LogP contribution is 2.35. The van der Waals surface area contributed by atoms with Crippen molar-refractivity contribution in [3.63, 3.8) is 0 Å². The van der Waals surface area contributed by atoms with E-state index in [9.17, 15) is 18.0 Å². The summed E-state index contributed by atoms with van der Waals surface area (Å²) < 4.78 is 47.7. The third kappa shape index (κ3) is 4.58. The maximum atomic E-state index is 13.2. The molecule has 0 bridgehead atoms. The van der Waals surface area contributed by atoms with Crippen LogP contribution in [0.1, 0.15) is 34.1 Å². The summed E-state index contributed by atoms with van der Waals surface area (Å²) in [7, 11) is 0. The van der Waals surface area contributed by atoms with Gasteiger partial charge in [-0.2, -0.15) is 13.2 Å². The maximum Gasteiger partial charge on any atom is 0.416 e. The predicted molar refractivity (Wildman–Crippen MR) is 121 cm³/mol. The van der Waals surface area contributed by atoms with Gasteiger partial charge >= 0.3 is 6.18 Å². The Bertz CT molecular complexity index is 1280. The highest BCUT2D eigenvalue weighted by Gasteiger charge is 2.30. The molecule has 3 nitrogen and oxygen atoms in total. The molecule has 0 spiro atoms. The van der Waals surface area contributed by atoms with E-state index in [1.807, 2.05) is 48.5 Å². The van der Waals surface area contributed by atoms with Crippen LogP contribution in [0.2, 0.25) is 0 Å². The van der Waals surface area contributed by atoms with Crippen LogP contribution in [-0.4, -0.2) is 10.4 Å². The number of nitrogens with zero attached hydrogens (tertiary/aromatic N) is 1. The molecule has 0 fully saturated rings. The van der Waals surface area contributed by atoms with Gasteiger partial charge in [0, 0.05) is 24.9 Å². The van der Waals surface area contributed by atoms with Gasteiger partial charge in [0.1, 0.15) is 12.4 Å². The molecule has 4 aromatic rings. The topological polar surface area (TPSA) is 31.2 Å². The molecule has 0 atom stereocenters. The first kappa shape index (κ1) is 22.1. The average Bonchev–Trinajstić information content (AvgIpc) is 3.04. The largest absolute Gasteiger partial charge is 0.489 e. The van der Waals surface area contributed by atoms with Gasteiger partial charge in [-0.05, 0) is 51.3 Å². The van der Waals surface area contributed by atoms with Gasteiger partial charge in [0.25, 0.3) is 0 Å². The third-order valence-corrected chi connectivity index (χ3v) is 5.95. The predicted octanol–water partition coefficient (Wildman–Crippen LogP) is 7.25. The molecule has 0 N–H and O–H groups in total. The van der Waals surface area contributed by atoms with E-state index in [2.05, 4.69) is 15.9 Å². The van der Waals surface area contributed by atoms with Crippen molar-refractivity contribution in [3.8, 4) is 5.75 Å². The first-order chi connectivity index (χ1) is 15.2. The maximum absolute atomic E-state index is 13.2. The highest BCUT2D eigenvalue weighted by molar-refractivity contribution is 9.10. The molecule has 4 rings (SSSR count). The molecule has 32 heavy (non-hydrogen) atoms. The van der Waals surface area contributed by atoms with Crippen molar-refractivity contribution in [3.05, 3.63) is 99.7 Å². The summed E-state index contributed by atoms with van der Waals surface area (Å²) in [5, 5.41) is 0.786. The lowest BCUT2D eigenvalue weighted by molar-refractivity contribution is -0.137. The van der Waals surface area contributed by atoms with Crippen molar-refractivity contribution >= 4 is 32.6 Å². The number of alkyl halides is 3. The smallest absolute Gasteiger partial charge is 0.416 e. The lowest BCUT2D eigenvalue weighted by Crippen LogP contribution is -2.10. The molecule has 0 unspecified atom stereocenters. The number of ether oxygens (including phenoxy) is 1. The Morgan fingerprint density at radius 1 is 0.969 bits per heavy atom. The van der Waals surface area contributed by atoms with Gasteiger partial charge < -0.3 is 9.30 Å². The number of benzene rings is 3. The van der Waals surface area contributed by atoms with E-state index in [0.29, 0.717) is 33.6 Å². The van der Waals surface area contributed by atoms with Gasteiger partial charge in [-0.25, -0.2) is 0 Å². The van der Waals surface area contributed by atoms with Crippen molar-refractivity contribution < 1.29 is 22.7 Å². The zero-order chi connectivity index (χ0) is 22.9. The minimum Gasteiger partial charge on any atom is -0.489 e. The fourth-order valence-electron chi connectivity index (χ4n) is 3.65. The second-order valence-electron chi connectivity index (χ2n) is 7.46. The fraction of sp³-hybridized carbons (Fsp3) is 0.160. The van der Waals surface area contributed by atoms with Crippen LogP contribution in [0.25, 0.3) is 10.9 Å². The lowest BCUT2D eigenvalue weighted by atomic mass is 10.1. The number of fused-ring (bicyclic) bond motifs is 1. The van der Waals surface area contributed by atoms with E-state index in [1.165, 1.54) is 13.0 Å². The van der Waals surface area contributed by atoms with Crippen LogP contribution >= 0.6 is 15.9 Å². The minimum atomic E-state index is -4.43. The first-order valence-corrected chi connectivity index (χ1v) is 10.7. The number of aromatic nitrogens is 1. The molecule has 0 amide bonds. The molecule has 0 aliphatic carbocycles. The summed E-state index contributed by atoms with van der Waals surface area (Å²) in [6.45, 7) is 1.93. The van der Waals surface area contributed by atoms with Crippen molar-refractivity contribution in [1.82, 2.24) is 4.57 Å². The van der Waals surface area contributed by atoms with Crippen LogP contribution in [0.15, 0.2) is 77.3 Å². The van der Waals surface area contributed by atoms with Gasteiger partial charge in [0.15, 0.2) is 5.78 Å². The van der Waals surface area contributed by atoms with E-state index in [-0.39, 0.29) is 12.3 Å². The summed E-state index contributed by atoms with van der Waals surface area (Å²) in [4.78, 5) is 12.4. The Morgan fingerprint density at radius 3 is 2.38 bits per heavy atom. The quantitative estimate of drug-likeness (QED) is 0.260. The number of hydrogen-bond donors (Lipinski definition) is 0. The van der Waals surface area contributed by atoms with Crippen LogP contribution in [0.5, 0.6) is 5.75 Å². The van der Waals surface area contributed by atoms with Crippen LogP contribution in [-0.2, 0) is 19.3 Å². The minimum absolute atomic E-state index is 0.114. The van der Waals surface area contributed by atoms with Crippen molar-refractivity contribution in [1.29, 1.82) is 0 Å². The van der Waals surface area contributed by atoms with E-state index in [4.69, 9.17) is 4.74 Å². The summed E-state index contributed by atoms with van der Waals surface area (Å²) in [6, 6.07) is 20.3. The van der Waals surface area contributed by atoms with Crippen LogP contribution in [0.4, 0.5) is 13.2 Å². The SMILES string of the molecule is CC(=O)c1c(Br)c2ccc(OCc3ccccc3)cc2n1Cc1cccc(C(F)(F)F)c1. The molecule has 0 saturated heterocycles. The molecule has 164 valence electrons. The summed E-state index contributed by atoms with van der Waals surface area (Å²) in [5.41, 5.74) is 1.84. The monoisotopic (exact) mass is 501 g/mol. The van der Waals surface area contributed by atoms with Crippen molar-refractivity contribution in [2.24, 2.45) is 0 Å². The summed E-state index contributed by atoms with van der Waals surface area (Å²) in [6.07, 6.45) is -4.43. The molecule has 0 saturated carbocycles. The highest BCUT2D eigenvalue weighted by atomic mass is 79.9. The van der Waals surface area contributed by atoms with Gasteiger partial charge in [0.2, 0.25) is 0 Å². The second-order valence-corrected chi connectivity index (χ2v) is 8.25. The zero-order valence-electron chi connectivity index (χ0n) is 17.1. The Morgan fingerprint density at radius 2 is 1.69 bits per heavy atom. The molecule has 1 aromatic heterocycles. The molecule has 7 heteroatoms. The number of halogens is 4. The van der Waals surface area contributed by atoms with Crippen molar-refractivity contribution in [2.75, 3.05) is 0 Å². The Balaban J connectivity index is 1.74. The van der Waals surface area contributed by atoms with E-state index in [1.54, 1.807) is 10.6 Å². The van der Waals surface area contributed by atoms with Gasteiger partial charge in [-0.15, -0.1) is 0 Å². The summed E-state index contributed by atoms with van der Waals surface area (Å²) >= 11 is 3.50. The normalized spacial score (nSPS) is 11.7. The first-order valence-electron chi connectivity index (χ1n) is 9.89. The molecule has 0 aliphatic rings. The third-order valence-electron chi connectivity index (χ3n) is 5.15. The van der Waals surface area contributed by atoms with Crippen LogP contribution < -0.4 is 4.74 Å². The van der Waals surface area contributed by atoms with Crippen LogP contribution in [0.3, 0.4) is 0 Å². The molecular formula is C25H19BrF3NO2. The molecule has 1 heterocycles. The number of ketones is 1. The summed E-state index contributed by atoms with van der Waals surface area (Å²) in [5.74, 6) is 0.415. The number of carbonyl (C=O) groups excluding carboxylic acids is 1. The Kier molecular flexibility index (Phi) is 6.11. The molecule has 3 aromatic carbocycles. The van der Waals surface area contributed by atoms with E-state index in [0.717, 1.165) is 23.1 Å². The van der Waals surface area contributed by atoms with Crippen molar-refractivity contribution in [2.45, 2.75) is 26.3 Å². The zero-order valence-corrected chi connectivity index (χ0v) is 18.7. The standard InChI is InChI=1S/C25H19BrF3NO2/c1-16(31)24-23(26)21-11-10-20(32-15-17-6-3-2-4-7-17)13-22(21)30(24)14-18-8-5-9-19(12-18)25(27,28)29/h2-13H,14-15H2,1H3. The molecule has 0 radical (unpaired) electrons. The fourth-order valence-corrected chi connectivity index (χ4v) is 4.48. The van der Waals surface area contributed by atoms with Crippen LogP contribution in [0, 0.1) is 0 Å². The lowest BCUT2D eigenvalue weighted by Gasteiger charge is -2.13. The average molecular weight is 502 g/mol.